The van der Waals surface area contributed by atoms with Crippen LogP contribution in [0.2, 0.25) is 0 Å². The van der Waals surface area contributed by atoms with Gasteiger partial charge in [0, 0.05) is 45.1 Å². The first-order valence-corrected chi connectivity index (χ1v) is 10.4. The van der Waals surface area contributed by atoms with Crippen LogP contribution >= 0.6 is 0 Å². The van der Waals surface area contributed by atoms with E-state index in [4.69, 9.17) is 4.42 Å². The van der Waals surface area contributed by atoms with Crippen molar-refractivity contribution in [3.8, 4) is 0 Å². The molecule has 0 radical (unpaired) electrons. The van der Waals surface area contributed by atoms with Gasteiger partial charge in [-0.1, -0.05) is 0 Å². The van der Waals surface area contributed by atoms with Gasteiger partial charge in [0.05, 0.1) is 18.7 Å². The lowest BCUT2D eigenvalue weighted by molar-refractivity contribution is -0.135. The molecule has 7 nitrogen and oxygen atoms in total. The van der Waals surface area contributed by atoms with Crippen molar-refractivity contribution in [2.24, 2.45) is 12.5 Å². The molecular formula is C22H30N4O3. The summed E-state index contributed by atoms with van der Waals surface area (Å²) in [7, 11) is 1.91. The van der Waals surface area contributed by atoms with E-state index in [2.05, 4.69) is 4.98 Å². The fraction of sp³-hybridized carbons (Fsp3) is 0.591. The lowest BCUT2D eigenvalue weighted by Crippen LogP contribution is -2.45. The van der Waals surface area contributed by atoms with Gasteiger partial charge in [-0.05, 0) is 50.7 Å². The van der Waals surface area contributed by atoms with Crippen molar-refractivity contribution in [2.45, 2.75) is 45.4 Å². The van der Waals surface area contributed by atoms with Crippen LogP contribution in [0.25, 0.3) is 0 Å². The van der Waals surface area contributed by atoms with Crippen LogP contribution in [0, 0.1) is 12.3 Å². The first-order valence-electron chi connectivity index (χ1n) is 10.4. The highest BCUT2D eigenvalue weighted by atomic mass is 16.3. The van der Waals surface area contributed by atoms with E-state index in [0.717, 1.165) is 62.7 Å². The quantitative estimate of drug-likeness (QED) is 0.793. The normalized spacial score (nSPS) is 19.7. The third-order valence-electron chi connectivity index (χ3n) is 6.73. The molecule has 4 rings (SSSR count). The zero-order valence-electron chi connectivity index (χ0n) is 17.6. The lowest BCUT2D eigenvalue weighted by Gasteiger charge is -2.39. The average molecular weight is 399 g/mol. The van der Waals surface area contributed by atoms with Crippen molar-refractivity contribution in [3.63, 3.8) is 0 Å². The van der Waals surface area contributed by atoms with Crippen molar-refractivity contribution in [2.75, 3.05) is 26.2 Å². The van der Waals surface area contributed by atoms with E-state index in [9.17, 15) is 9.59 Å². The number of rotatable bonds is 4. The Bertz CT molecular complexity index is 892. The van der Waals surface area contributed by atoms with Gasteiger partial charge < -0.3 is 18.8 Å². The molecule has 29 heavy (non-hydrogen) atoms. The minimum absolute atomic E-state index is 0.144. The predicted molar refractivity (Wildman–Crippen MR) is 108 cm³/mol. The van der Waals surface area contributed by atoms with Gasteiger partial charge in [-0.2, -0.15) is 0 Å². The largest absolute Gasteiger partial charge is 0.466 e. The topological polar surface area (TPSA) is 71.6 Å². The SMILES string of the molecule is Cc1ccc(C(C)C(=O)N2CCC3(CCN(C(=O)Cc4cncn4C)CC3)C2)o1. The Kier molecular flexibility index (Phi) is 5.23. The molecule has 2 aromatic heterocycles. The molecule has 2 amide bonds. The summed E-state index contributed by atoms with van der Waals surface area (Å²) in [5.74, 6) is 1.63. The Hall–Kier alpha value is -2.57. The standard InChI is InChI=1S/C22H30N4O3/c1-16-4-5-19(29-16)17(2)21(28)26-11-8-22(14-26)6-9-25(10-7-22)20(27)12-18-13-23-15-24(18)3/h4-5,13,15,17H,6-12,14H2,1-3H3. The number of carbonyl (C=O) groups excluding carboxylic acids is 2. The second-order valence-electron chi connectivity index (χ2n) is 8.73. The second-order valence-corrected chi connectivity index (χ2v) is 8.73. The van der Waals surface area contributed by atoms with Gasteiger partial charge in [-0.25, -0.2) is 4.98 Å². The second kappa shape index (κ2) is 7.69. The average Bonchev–Trinajstić information content (AvgIpc) is 3.43. The molecule has 2 aliphatic rings. The Morgan fingerprint density at radius 3 is 2.45 bits per heavy atom. The monoisotopic (exact) mass is 398 g/mol. The maximum Gasteiger partial charge on any atom is 0.233 e. The molecule has 0 aliphatic carbocycles. The summed E-state index contributed by atoms with van der Waals surface area (Å²) in [6.45, 7) is 6.95. The number of carbonyl (C=O) groups is 2. The molecule has 1 atom stereocenters. The summed E-state index contributed by atoms with van der Waals surface area (Å²) in [6, 6.07) is 3.80. The fourth-order valence-electron chi connectivity index (χ4n) is 4.67. The van der Waals surface area contributed by atoms with Gasteiger partial charge in [0.1, 0.15) is 11.5 Å². The van der Waals surface area contributed by atoms with E-state index in [0.29, 0.717) is 6.42 Å². The van der Waals surface area contributed by atoms with Crippen molar-refractivity contribution in [1.29, 1.82) is 0 Å². The summed E-state index contributed by atoms with van der Waals surface area (Å²) in [6.07, 6.45) is 6.82. The van der Waals surface area contributed by atoms with E-state index in [-0.39, 0.29) is 23.1 Å². The van der Waals surface area contributed by atoms with Crippen LogP contribution in [-0.2, 0) is 23.1 Å². The smallest absolute Gasteiger partial charge is 0.233 e. The zero-order valence-corrected chi connectivity index (χ0v) is 17.6. The van der Waals surface area contributed by atoms with E-state index < -0.39 is 0 Å². The minimum atomic E-state index is -0.251. The minimum Gasteiger partial charge on any atom is -0.466 e. The highest BCUT2D eigenvalue weighted by Crippen LogP contribution is 2.41. The molecule has 0 saturated carbocycles. The highest BCUT2D eigenvalue weighted by Gasteiger charge is 2.43. The number of hydrogen-bond donors (Lipinski definition) is 0. The van der Waals surface area contributed by atoms with Crippen LogP contribution < -0.4 is 0 Å². The Morgan fingerprint density at radius 1 is 1.17 bits per heavy atom. The summed E-state index contributed by atoms with van der Waals surface area (Å²) in [5.41, 5.74) is 1.09. The number of likely N-dealkylation sites (tertiary alicyclic amines) is 2. The Labute approximate surface area is 171 Å². The highest BCUT2D eigenvalue weighted by molar-refractivity contribution is 5.83. The number of aromatic nitrogens is 2. The summed E-state index contributed by atoms with van der Waals surface area (Å²) in [4.78, 5) is 33.7. The predicted octanol–water partition coefficient (Wildman–Crippen LogP) is 2.51. The van der Waals surface area contributed by atoms with Crippen molar-refractivity contribution < 1.29 is 14.0 Å². The molecular weight excluding hydrogens is 368 g/mol. The molecule has 2 fully saturated rings. The van der Waals surface area contributed by atoms with Crippen LogP contribution in [0.4, 0.5) is 0 Å². The number of furan rings is 1. The number of imidazole rings is 1. The molecule has 2 aliphatic heterocycles. The maximum absolute atomic E-state index is 13.0. The third-order valence-corrected chi connectivity index (χ3v) is 6.73. The summed E-state index contributed by atoms with van der Waals surface area (Å²) < 4.78 is 7.55. The number of aryl methyl sites for hydroxylation is 2. The summed E-state index contributed by atoms with van der Waals surface area (Å²) >= 11 is 0. The van der Waals surface area contributed by atoms with Gasteiger partial charge in [0.25, 0.3) is 0 Å². The zero-order chi connectivity index (χ0) is 20.6. The first kappa shape index (κ1) is 19.7. The summed E-state index contributed by atoms with van der Waals surface area (Å²) in [5, 5.41) is 0. The number of hydrogen-bond acceptors (Lipinski definition) is 4. The Balaban J connectivity index is 1.32. The Morgan fingerprint density at radius 2 is 1.86 bits per heavy atom. The molecule has 7 heteroatoms. The molecule has 4 heterocycles. The van der Waals surface area contributed by atoms with Crippen molar-refractivity contribution >= 4 is 11.8 Å². The van der Waals surface area contributed by atoms with Gasteiger partial charge in [0.15, 0.2) is 0 Å². The van der Waals surface area contributed by atoms with E-state index >= 15 is 0 Å². The third kappa shape index (κ3) is 3.95. The van der Waals surface area contributed by atoms with Crippen LogP contribution in [-0.4, -0.2) is 57.3 Å². The molecule has 0 aromatic carbocycles. The van der Waals surface area contributed by atoms with Crippen LogP contribution in [0.3, 0.4) is 0 Å². The molecule has 2 saturated heterocycles. The molecule has 1 unspecified atom stereocenters. The number of nitrogens with zero attached hydrogens (tertiary/aromatic N) is 4. The lowest BCUT2D eigenvalue weighted by atomic mass is 9.77. The number of amides is 2. The number of piperidine rings is 1. The first-order chi connectivity index (χ1) is 13.9. The van der Waals surface area contributed by atoms with Crippen LogP contribution in [0.5, 0.6) is 0 Å². The molecule has 156 valence electrons. The van der Waals surface area contributed by atoms with Crippen LogP contribution in [0.15, 0.2) is 29.1 Å². The molecule has 0 bridgehead atoms. The fourth-order valence-corrected chi connectivity index (χ4v) is 4.67. The van der Waals surface area contributed by atoms with E-state index in [1.807, 2.05) is 47.4 Å². The molecule has 1 spiro atoms. The van der Waals surface area contributed by atoms with Crippen molar-refractivity contribution in [1.82, 2.24) is 19.4 Å². The van der Waals surface area contributed by atoms with Crippen molar-refractivity contribution in [3.05, 3.63) is 41.9 Å². The van der Waals surface area contributed by atoms with E-state index in [1.165, 1.54) is 0 Å². The maximum atomic E-state index is 13.0. The van der Waals surface area contributed by atoms with Gasteiger partial charge in [-0.15, -0.1) is 0 Å². The van der Waals surface area contributed by atoms with Gasteiger partial charge in [0.2, 0.25) is 11.8 Å². The van der Waals surface area contributed by atoms with E-state index in [1.54, 1.807) is 12.5 Å². The molecule has 0 N–H and O–H groups in total. The van der Waals surface area contributed by atoms with Crippen LogP contribution in [0.1, 0.15) is 49.3 Å². The van der Waals surface area contributed by atoms with Gasteiger partial charge in [-0.3, -0.25) is 9.59 Å². The van der Waals surface area contributed by atoms with Gasteiger partial charge >= 0.3 is 0 Å². The molecule has 2 aromatic rings.